The first-order valence-corrected chi connectivity index (χ1v) is 8.70. The Bertz CT molecular complexity index is 405. The van der Waals surface area contributed by atoms with E-state index in [1.807, 2.05) is 23.5 Å². The summed E-state index contributed by atoms with van der Waals surface area (Å²) in [4.78, 5) is 0. The van der Waals surface area contributed by atoms with Crippen LogP contribution in [0.4, 0.5) is 0 Å². The average molecular weight is 332 g/mol. The summed E-state index contributed by atoms with van der Waals surface area (Å²) in [6.07, 6.45) is 7.16. The second-order valence-electron chi connectivity index (χ2n) is 4.93. The van der Waals surface area contributed by atoms with E-state index in [1.54, 1.807) is 0 Å². The predicted molar refractivity (Wildman–Crippen MR) is 82.1 cm³/mol. The molecule has 18 heavy (non-hydrogen) atoms. The Balaban J connectivity index is 1.92. The molecule has 2 rings (SSSR count). The number of hydrogen-bond acceptors (Lipinski definition) is 3. The van der Waals surface area contributed by atoms with E-state index in [4.69, 9.17) is 0 Å². The fourth-order valence-electron chi connectivity index (χ4n) is 2.59. The molecule has 0 spiro atoms. The second kappa shape index (κ2) is 6.44. The molecule has 0 aromatic carbocycles. The third-order valence-electron chi connectivity index (χ3n) is 3.78. The lowest BCUT2D eigenvalue weighted by Gasteiger charge is -2.13. The van der Waals surface area contributed by atoms with Gasteiger partial charge in [0.1, 0.15) is 0 Å². The van der Waals surface area contributed by atoms with E-state index in [0.29, 0.717) is 6.04 Å². The van der Waals surface area contributed by atoms with Crippen molar-refractivity contribution in [1.29, 1.82) is 0 Å². The van der Waals surface area contributed by atoms with Crippen LogP contribution in [-0.2, 0) is 20.0 Å². The summed E-state index contributed by atoms with van der Waals surface area (Å²) in [7, 11) is 2.03. The van der Waals surface area contributed by atoms with Crippen LogP contribution in [0, 0.1) is 0 Å². The van der Waals surface area contributed by atoms with Crippen LogP contribution in [0.2, 0.25) is 0 Å². The number of aromatic nitrogens is 2. The van der Waals surface area contributed by atoms with Gasteiger partial charge in [0.15, 0.2) is 0 Å². The van der Waals surface area contributed by atoms with Crippen LogP contribution < -0.4 is 5.32 Å². The summed E-state index contributed by atoms with van der Waals surface area (Å²) in [5, 5.41) is 9.06. The van der Waals surface area contributed by atoms with Crippen molar-refractivity contribution in [2.45, 2.75) is 50.4 Å². The van der Waals surface area contributed by atoms with Crippen molar-refractivity contribution < 1.29 is 0 Å². The minimum Gasteiger partial charge on any atom is -0.308 e. The highest BCUT2D eigenvalue weighted by Crippen LogP contribution is 2.29. The van der Waals surface area contributed by atoms with Crippen molar-refractivity contribution in [3.05, 3.63) is 15.9 Å². The number of nitrogens with one attached hydrogen (secondary N) is 1. The van der Waals surface area contributed by atoms with Gasteiger partial charge in [0.05, 0.1) is 15.9 Å². The molecule has 3 nitrogen and oxygen atoms in total. The molecular weight excluding hydrogens is 310 g/mol. The Morgan fingerprint density at radius 3 is 2.83 bits per heavy atom. The highest BCUT2D eigenvalue weighted by molar-refractivity contribution is 9.10. The smallest absolute Gasteiger partial charge is 0.0767 e. The molecule has 0 saturated heterocycles. The lowest BCUT2D eigenvalue weighted by atomic mass is 10.2. The molecule has 1 aromatic rings. The Morgan fingerprint density at radius 2 is 2.28 bits per heavy atom. The van der Waals surface area contributed by atoms with Gasteiger partial charge in [-0.3, -0.25) is 4.68 Å². The zero-order chi connectivity index (χ0) is 13.1. The Morgan fingerprint density at radius 1 is 1.50 bits per heavy atom. The molecule has 1 saturated carbocycles. The summed E-state index contributed by atoms with van der Waals surface area (Å²) in [6.45, 7) is 3.06. The van der Waals surface area contributed by atoms with Gasteiger partial charge in [-0.2, -0.15) is 16.9 Å². The number of thioether (sulfide) groups is 1. The first-order valence-electron chi connectivity index (χ1n) is 6.62. The Labute approximate surface area is 122 Å². The van der Waals surface area contributed by atoms with Gasteiger partial charge in [0.2, 0.25) is 0 Å². The first-order chi connectivity index (χ1) is 8.65. The Kier molecular flexibility index (Phi) is 5.15. The lowest BCUT2D eigenvalue weighted by Crippen LogP contribution is -2.27. The molecule has 1 heterocycles. The number of nitrogens with zero attached hydrogens (tertiary/aromatic N) is 2. The normalized spacial score (nSPS) is 23.8. The van der Waals surface area contributed by atoms with Crippen molar-refractivity contribution in [3.63, 3.8) is 0 Å². The third kappa shape index (κ3) is 3.11. The zero-order valence-corrected chi connectivity index (χ0v) is 13.8. The van der Waals surface area contributed by atoms with Gasteiger partial charge in [-0.15, -0.1) is 0 Å². The summed E-state index contributed by atoms with van der Waals surface area (Å²) >= 11 is 5.67. The number of rotatable bonds is 5. The molecular formula is C13H22BrN3S. The van der Waals surface area contributed by atoms with E-state index in [2.05, 4.69) is 39.5 Å². The largest absolute Gasteiger partial charge is 0.308 e. The standard InChI is InChI=1S/C13H22BrN3S/c1-4-11-13(14)12(17(2)16-11)8-15-9-5-6-10(7-9)18-3/h9-10,15H,4-8H2,1-3H3. The summed E-state index contributed by atoms with van der Waals surface area (Å²) in [6, 6.07) is 0.675. The number of aryl methyl sites for hydroxylation is 2. The van der Waals surface area contributed by atoms with E-state index < -0.39 is 0 Å². The van der Waals surface area contributed by atoms with Crippen LogP contribution >= 0.6 is 27.7 Å². The van der Waals surface area contributed by atoms with E-state index in [-0.39, 0.29) is 0 Å². The summed E-state index contributed by atoms with van der Waals surface area (Å²) in [5.74, 6) is 0. The highest BCUT2D eigenvalue weighted by Gasteiger charge is 2.24. The van der Waals surface area contributed by atoms with Gasteiger partial charge >= 0.3 is 0 Å². The average Bonchev–Trinajstić information content (AvgIpc) is 2.93. The van der Waals surface area contributed by atoms with Crippen LogP contribution in [0.25, 0.3) is 0 Å². The van der Waals surface area contributed by atoms with Crippen molar-refractivity contribution in [2.75, 3.05) is 6.26 Å². The van der Waals surface area contributed by atoms with Crippen molar-refractivity contribution in [3.8, 4) is 0 Å². The molecule has 0 radical (unpaired) electrons. The lowest BCUT2D eigenvalue weighted by molar-refractivity contribution is 0.507. The summed E-state index contributed by atoms with van der Waals surface area (Å²) < 4.78 is 3.18. The highest BCUT2D eigenvalue weighted by atomic mass is 79.9. The zero-order valence-electron chi connectivity index (χ0n) is 11.4. The van der Waals surface area contributed by atoms with Crippen LogP contribution in [0.3, 0.4) is 0 Å². The molecule has 0 aliphatic heterocycles. The van der Waals surface area contributed by atoms with Gasteiger partial charge < -0.3 is 5.32 Å². The third-order valence-corrected chi connectivity index (χ3v) is 5.79. The van der Waals surface area contributed by atoms with Crippen LogP contribution in [-0.4, -0.2) is 27.3 Å². The maximum atomic E-state index is 4.53. The molecule has 1 N–H and O–H groups in total. The number of hydrogen-bond donors (Lipinski definition) is 1. The van der Waals surface area contributed by atoms with Crippen LogP contribution in [0.1, 0.15) is 37.6 Å². The molecule has 2 atom stereocenters. The Hall–Kier alpha value is -0.000000000000000111. The second-order valence-corrected chi connectivity index (χ2v) is 6.86. The van der Waals surface area contributed by atoms with Crippen molar-refractivity contribution in [1.82, 2.24) is 15.1 Å². The molecule has 2 unspecified atom stereocenters. The van der Waals surface area contributed by atoms with Crippen LogP contribution in [0.5, 0.6) is 0 Å². The minimum absolute atomic E-state index is 0.675. The molecule has 1 fully saturated rings. The van der Waals surface area contributed by atoms with Crippen molar-refractivity contribution in [2.24, 2.45) is 7.05 Å². The van der Waals surface area contributed by atoms with Gasteiger partial charge in [-0.25, -0.2) is 0 Å². The molecule has 1 aliphatic carbocycles. The topological polar surface area (TPSA) is 29.9 Å². The van der Waals surface area contributed by atoms with Gasteiger partial charge in [-0.05, 0) is 47.9 Å². The minimum atomic E-state index is 0.675. The molecule has 0 bridgehead atoms. The van der Waals surface area contributed by atoms with E-state index >= 15 is 0 Å². The maximum absolute atomic E-state index is 4.53. The molecule has 1 aromatic heterocycles. The summed E-state index contributed by atoms with van der Waals surface area (Å²) in [5.41, 5.74) is 2.42. The first kappa shape index (κ1) is 14.4. The molecule has 102 valence electrons. The molecule has 1 aliphatic rings. The quantitative estimate of drug-likeness (QED) is 0.898. The van der Waals surface area contributed by atoms with E-state index in [0.717, 1.165) is 23.9 Å². The molecule has 5 heteroatoms. The van der Waals surface area contributed by atoms with Gasteiger partial charge in [0.25, 0.3) is 0 Å². The van der Waals surface area contributed by atoms with E-state index in [1.165, 1.54) is 29.4 Å². The fourth-order valence-corrected chi connectivity index (χ4v) is 4.15. The van der Waals surface area contributed by atoms with E-state index in [9.17, 15) is 0 Å². The van der Waals surface area contributed by atoms with Gasteiger partial charge in [0, 0.05) is 24.9 Å². The number of halogens is 1. The van der Waals surface area contributed by atoms with Crippen LogP contribution in [0.15, 0.2) is 4.47 Å². The fraction of sp³-hybridized carbons (Fsp3) is 0.769. The van der Waals surface area contributed by atoms with Crippen molar-refractivity contribution >= 4 is 27.7 Å². The molecule has 0 amide bonds. The maximum Gasteiger partial charge on any atom is 0.0767 e. The predicted octanol–water partition coefficient (Wildman–Crippen LogP) is 3.12. The monoisotopic (exact) mass is 331 g/mol. The SMILES string of the molecule is CCc1nn(C)c(CNC2CCC(SC)C2)c1Br. The van der Waals surface area contributed by atoms with Gasteiger partial charge in [-0.1, -0.05) is 6.92 Å².